The fraction of sp³-hybridized carbons (Fsp3) is 0.375. The summed E-state index contributed by atoms with van der Waals surface area (Å²) in [7, 11) is 0. The molecule has 1 aliphatic heterocycles. The van der Waals surface area contributed by atoms with Gasteiger partial charge in [0.15, 0.2) is 0 Å². The van der Waals surface area contributed by atoms with Crippen molar-refractivity contribution in [3.05, 3.63) is 44.3 Å². The minimum Gasteiger partial charge on any atom is -0.380 e. The van der Waals surface area contributed by atoms with Crippen LogP contribution in [0.4, 0.5) is 15.8 Å². The van der Waals surface area contributed by atoms with Gasteiger partial charge < -0.3 is 10.2 Å². The van der Waals surface area contributed by atoms with E-state index in [1.165, 1.54) is 9.75 Å². The van der Waals surface area contributed by atoms with Crippen LogP contribution in [0.3, 0.4) is 0 Å². The third kappa shape index (κ3) is 3.40. The Balaban J connectivity index is 1.67. The summed E-state index contributed by atoms with van der Waals surface area (Å²) in [5.41, 5.74) is 1.56. The topological polar surface area (TPSA) is 15.3 Å². The molecule has 2 nitrogen and oxygen atoms in total. The molecular formula is C16H18BrFN2S. The number of hydrogen-bond donors (Lipinski definition) is 1. The van der Waals surface area contributed by atoms with Crippen LogP contribution in [0.1, 0.15) is 22.6 Å². The third-order valence-electron chi connectivity index (χ3n) is 3.77. The SMILES string of the molecule is Cc1sc(CNc2ccc(N3CCCC3)c(F)c2)cc1Br. The summed E-state index contributed by atoms with van der Waals surface area (Å²) < 4.78 is 15.3. The van der Waals surface area contributed by atoms with Crippen molar-refractivity contribution in [1.82, 2.24) is 0 Å². The van der Waals surface area contributed by atoms with Crippen molar-refractivity contribution in [3.8, 4) is 0 Å². The smallest absolute Gasteiger partial charge is 0.148 e. The standard InChI is InChI=1S/C16H18BrFN2S/c1-11-14(17)9-13(21-11)10-19-12-4-5-16(15(18)8-12)20-6-2-3-7-20/h4-5,8-9,19H,2-3,6-7,10H2,1H3. The largest absolute Gasteiger partial charge is 0.380 e. The third-order valence-corrected chi connectivity index (χ3v) is 5.91. The predicted molar refractivity (Wildman–Crippen MR) is 91.9 cm³/mol. The van der Waals surface area contributed by atoms with Gasteiger partial charge in [-0.15, -0.1) is 11.3 Å². The minimum absolute atomic E-state index is 0.134. The Morgan fingerprint density at radius 3 is 2.67 bits per heavy atom. The first-order valence-corrected chi connectivity index (χ1v) is 8.77. The van der Waals surface area contributed by atoms with E-state index in [2.05, 4.69) is 39.1 Å². The van der Waals surface area contributed by atoms with Crippen LogP contribution in [0, 0.1) is 12.7 Å². The number of hydrogen-bond acceptors (Lipinski definition) is 3. The van der Waals surface area contributed by atoms with E-state index in [4.69, 9.17) is 0 Å². The van der Waals surface area contributed by atoms with Crippen LogP contribution < -0.4 is 10.2 Å². The van der Waals surface area contributed by atoms with Gasteiger partial charge in [0.2, 0.25) is 0 Å². The average Bonchev–Trinajstić information content (AvgIpc) is 3.08. The lowest BCUT2D eigenvalue weighted by Crippen LogP contribution is -2.18. The van der Waals surface area contributed by atoms with Gasteiger partial charge in [-0.25, -0.2) is 4.39 Å². The monoisotopic (exact) mass is 368 g/mol. The van der Waals surface area contributed by atoms with E-state index in [0.717, 1.165) is 48.3 Å². The molecule has 0 radical (unpaired) electrons. The zero-order valence-corrected chi connectivity index (χ0v) is 14.4. The molecule has 21 heavy (non-hydrogen) atoms. The van der Waals surface area contributed by atoms with Crippen LogP contribution >= 0.6 is 27.3 Å². The molecule has 0 amide bonds. The molecule has 112 valence electrons. The summed E-state index contributed by atoms with van der Waals surface area (Å²) >= 11 is 5.27. The van der Waals surface area contributed by atoms with Crippen molar-refractivity contribution < 1.29 is 4.39 Å². The molecule has 0 aliphatic carbocycles. The highest BCUT2D eigenvalue weighted by Crippen LogP contribution is 2.28. The lowest BCUT2D eigenvalue weighted by Gasteiger charge is -2.19. The van der Waals surface area contributed by atoms with Crippen molar-refractivity contribution in [2.24, 2.45) is 0 Å². The lowest BCUT2D eigenvalue weighted by molar-refractivity contribution is 0.623. The first-order valence-electron chi connectivity index (χ1n) is 7.16. The van der Waals surface area contributed by atoms with Crippen molar-refractivity contribution >= 4 is 38.6 Å². The fourth-order valence-electron chi connectivity index (χ4n) is 2.63. The zero-order chi connectivity index (χ0) is 14.8. The molecular weight excluding hydrogens is 351 g/mol. The van der Waals surface area contributed by atoms with Gasteiger partial charge in [-0.2, -0.15) is 0 Å². The second kappa shape index (κ2) is 6.36. The van der Waals surface area contributed by atoms with Crippen LogP contribution in [0.15, 0.2) is 28.7 Å². The van der Waals surface area contributed by atoms with Gasteiger partial charge in [0.05, 0.1) is 5.69 Å². The van der Waals surface area contributed by atoms with E-state index in [9.17, 15) is 4.39 Å². The number of anilines is 2. The molecule has 2 heterocycles. The van der Waals surface area contributed by atoms with Gasteiger partial charge in [0, 0.05) is 39.5 Å². The maximum atomic E-state index is 14.2. The van der Waals surface area contributed by atoms with E-state index in [1.54, 1.807) is 17.4 Å². The van der Waals surface area contributed by atoms with Gasteiger partial charge in [0.1, 0.15) is 5.82 Å². The normalized spacial score (nSPS) is 14.7. The maximum Gasteiger partial charge on any atom is 0.148 e. The predicted octanol–water partition coefficient (Wildman–Crippen LogP) is 5.17. The van der Waals surface area contributed by atoms with E-state index in [-0.39, 0.29) is 5.82 Å². The Morgan fingerprint density at radius 1 is 1.29 bits per heavy atom. The van der Waals surface area contributed by atoms with Crippen molar-refractivity contribution in [3.63, 3.8) is 0 Å². The first-order chi connectivity index (χ1) is 10.1. The summed E-state index contributed by atoms with van der Waals surface area (Å²) in [5.74, 6) is -0.134. The van der Waals surface area contributed by atoms with Gasteiger partial charge in [-0.3, -0.25) is 0 Å². The van der Waals surface area contributed by atoms with Crippen LogP contribution in [0.5, 0.6) is 0 Å². The number of rotatable bonds is 4. The number of thiophene rings is 1. The average molecular weight is 369 g/mol. The number of nitrogens with one attached hydrogen (secondary N) is 1. The number of halogens is 2. The number of benzene rings is 1. The molecule has 1 N–H and O–H groups in total. The van der Waals surface area contributed by atoms with E-state index < -0.39 is 0 Å². The second-order valence-electron chi connectivity index (χ2n) is 5.33. The van der Waals surface area contributed by atoms with Gasteiger partial charge >= 0.3 is 0 Å². The molecule has 5 heteroatoms. The van der Waals surface area contributed by atoms with Crippen molar-refractivity contribution in [1.29, 1.82) is 0 Å². The molecule has 3 rings (SSSR count). The highest BCUT2D eigenvalue weighted by Gasteiger charge is 2.16. The Morgan fingerprint density at radius 2 is 2.05 bits per heavy atom. The summed E-state index contributed by atoms with van der Waals surface area (Å²) in [6.45, 7) is 4.74. The molecule has 1 fully saturated rings. The van der Waals surface area contributed by atoms with Gasteiger partial charge in [0.25, 0.3) is 0 Å². The quantitative estimate of drug-likeness (QED) is 0.800. The van der Waals surface area contributed by atoms with Crippen LogP contribution in [0.25, 0.3) is 0 Å². The zero-order valence-electron chi connectivity index (χ0n) is 12.0. The van der Waals surface area contributed by atoms with Crippen LogP contribution in [-0.2, 0) is 6.54 Å². The summed E-state index contributed by atoms with van der Waals surface area (Å²) in [6, 6.07) is 7.57. The Kier molecular flexibility index (Phi) is 4.50. The molecule has 1 aromatic carbocycles. The van der Waals surface area contributed by atoms with E-state index in [1.807, 2.05) is 12.1 Å². The summed E-state index contributed by atoms with van der Waals surface area (Å²) in [5, 5.41) is 3.29. The molecule has 1 aliphatic rings. The van der Waals surface area contributed by atoms with E-state index in [0.29, 0.717) is 0 Å². The van der Waals surface area contributed by atoms with Gasteiger partial charge in [-0.1, -0.05) is 0 Å². The Labute approximate surface area is 137 Å². The lowest BCUT2D eigenvalue weighted by atomic mass is 10.2. The van der Waals surface area contributed by atoms with Crippen LogP contribution in [0.2, 0.25) is 0 Å². The highest BCUT2D eigenvalue weighted by molar-refractivity contribution is 9.10. The fourth-order valence-corrected chi connectivity index (χ4v) is 4.17. The molecule has 1 aromatic heterocycles. The van der Waals surface area contributed by atoms with Crippen LogP contribution in [-0.4, -0.2) is 13.1 Å². The van der Waals surface area contributed by atoms with Crippen molar-refractivity contribution in [2.45, 2.75) is 26.3 Å². The second-order valence-corrected chi connectivity index (χ2v) is 7.53. The highest BCUT2D eigenvalue weighted by atomic mass is 79.9. The molecule has 0 saturated carbocycles. The molecule has 0 unspecified atom stereocenters. The Bertz CT molecular complexity index is 616. The molecule has 0 atom stereocenters. The van der Waals surface area contributed by atoms with Crippen molar-refractivity contribution in [2.75, 3.05) is 23.3 Å². The number of aryl methyl sites for hydroxylation is 1. The molecule has 0 spiro atoms. The molecule has 1 saturated heterocycles. The van der Waals surface area contributed by atoms with E-state index >= 15 is 0 Å². The molecule has 2 aromatic rings. The summed E-state index contributed by atoms with van der Waals surface area (Å²) in [4.78, 5) is 4.63. The minimum atomic E-state index is -0.134. The van der Waals surface area contributed by atoms with Gasteiger partial charge in [-0.05, 0) is 60.0 Å². The number of nitrogens with zero attached hydrogens (tertiary/aromatic N) is 1. The Hall–Kier alpha value is -1.07. The molecule has 0 bridgehead atoms. The first kappa shape index (κ1) is 14.9. The summed E-state index contributed by atoms with van der Waals surface area (Å²) in [6.07, 6.45) is 2.32. The maximum absolute atomic E-state index is 14.2.